The lowest BCUT2D eigenvalue weighted by Gasteiger charge is -2.34. The zero-order valence-electron chi connectivity index (χ0n) is 16.2. The maximum Gasteiger partial charge on any atom is 0.319 e. The van der Waals surface area contributed by atoms with Gasteiger partial charge in [0.15, 0.2) is 5.82 Å². The average molecular weight is 425 g/mol. The molecule has 29 heavy (non-hydrogen) atoms. The largest absolute Gasteiger partial charge is 0.373 e. The molecule has 9 nitrogen and oxygen atoms in total. The van der Waals surface area contributed by atoms with E-state index >= 15 is 0 Å². The zero-order valence-corrected chi connectivity index (χ0v) is 17.0. The molecule has 1 aromatic carbocycles. The number of hydrogen-bond acceptors (Lipinski definition) is 5. The number of urea groups is 1. The highest BCUT2D eigenvalue weighted by Gasteiger charge is 2.30. The van der Waals surface area contributed by atoms with Gasteiger partial charge in [0.1, 0.15) is 5.69 Å². The minimum Gasteiger partial charge on any atom is -0.373 e. The number of halogens is 1. The van der Waals surface area contributed by atoms with Crippen molar-refractivity contribution in [3.63, 3.8) is 0 Å². The molecule has 1 aliphatic rings. The van der Waals surface area contributed by atoms with Gasteiger partial charge in [0, 0.05) is 37.7 Å². The second-order valence-electron chi connectivity index (χ2n) is 6.89. The molecule has 0 spiro atoms. The second kappa shape index (κ2) is 8.89. The Bertz CT molecular complexity index is 941. The highest BCUT2D eigenvalue weighted by Crippen LogP contribution is 2.18. The fourth-order valence-electron chi connectivity index (χ4n) is 3.14. The highest BCUT2D eigenvalue weighted by atomic mass is 32.2. The molecule has 2 atom stereocenters. The van der Waals surface area contributed by atoms with Gasteiger partial charge in [0.25, 0.3) is 0 Å². The molecule has 2 amide bonds. The third-order valence-electron chi connectivity index (χ3n) is 4.38. The van der Waals surface area contributed by atoms with Crippen molar-refractivity contribution in [2.75, 3.05) is 30.7 Å². The lowest BCUT2D eigenvalue weighted by Crippen LogP contribution is -2.49. The Labute approximate surface area is 168 Å². The van der Waals surface area contributed by atoms with Gasteiger partial charge >= 0.3 is 6.03 Å². The number of carbonyl (C=O) groups excluding carboxylic acids is 1. The van der Waals surface area contributed by atoms with Crippen molar-refractivity contribution >= 4 is 21.7 Å². The van der Waals surface area contributed by atoms with Crippen LogP contribution < -0.4 is 10.6 Å². The molecule has 0 unspecified atom stereocenters. The Kier molecular flexibility index (Phi) is 6.50. The molecule has 2 N–H and O–H groups in total. The summed E-state index contributed by atoms with van der Waals surface area (Å²) in [6.07, 6.45) is 2.79. The van der Waals surface area contributed by atoms with E-state index < -0.39 is 21.9 Å². The summed E-state index contributed by atoms with van der Waals surface area (Å²) in [5.74, 6) is -0.781. The molecule has 2 aromatic rings. The van der Waals surface area contributed by atoms with Gasteiger partial charge in [-0.15, -0.1) is 0 Å². The van der Waals surface area contributed by atoms with Gasteiger partial charge < -0.3 is 15.4 Å². The summed E-state index contributed by atoms with van der Waals surface area (Å²) in [6, 6.07) is 5.25. The zero-order chi connectivity index (χ0) is 21.0. The van der Waals surface area contributed by atoms with E-state index in [1.54, 1.807) is 12.3 Å². The van der Waals surface area contributed by atoms with Crippen molar-refractivity contribution in [1.29, 1.82) is 0 Å². The number of carbonyl (C=O) groups is 1. The number of anilines is 1. The number of benzene rings is 1. The van der Waals surface area contributed by atoms with Crippen LogP contribution in [0.1, 0.15) is 13.8 Å². The lowest BCUT2D eigenvalue weighted by atomic mass is 10.2. The molecule has 1 fully saturated rings. The second-order valence-corrected chi connectivity index (χ2v) is 8.98. The summed E-state index contributed by atoms with van der Waals surface area (Å²) in [7, 11) is -3.51. The number of nitrogens with zero attached hydrogens (tertiary/aromatic N) is 3. The number of rotatable bonds is 6. The monoisotopic (exact) mass is 425 g/mol. The maximum atomic E-state index is 14.2. The van der Waals surface area contributed by atoms with Crippen molar-refractivity contribution in [3.8, 4) is 5.69 Å². The van der Waals surface area contributed by atoms with Gasteiger partial charge in [-0.25, -0.2) is 22.3 Å². The lowest BCUT2D eigenvalue weighted by molar-refractivity contribution is -0.0440. The first-order chi connectivity index (χ1) is 13.7. The molecule has 1 aliphatic heterocycles. The Morgan fingerprint density at radius 2 is 2.03 bits per heavy atom. The highest BCUT2D eigenvalue weighted by molar-refractivity contribution is 7.89. The van der Waals surface area contributed by atoms with Crippen molar-refractivity contribution in [3.05, 3.63) is 42.5 Å². The van der Waals surface area contributed by atoms with E-state index in [9.17, 15) is 17.6 Å². The summed E-state index contributed by atoms with van der Waals surface area (Å²) in [5, 5.41) is 8.93. The maximum absolute atomic E-state index is 14.2. The van der Waals surface area contributed by atoms with E-state index in [0.29, 0.717) is 13.1 Å². The first-order valence-electron chi connectivity index (χ1n) is 9.22. The topological polar surface area (TPSA) is 106 Å². The molecule has 0 radical (unpaired) electrons. The fourth-order valence-corrected chi connectivity index (χ4v) is 4.63. The van der Waals surface area contributed by atoms with E-state index in [1.807, 2.05) is 13.8 Å². The molecule has 158 valence electrons. The number of aromatic nitrogens is 2. The molecular weight excluding hydrogens is 401 g/mol. The van der Waals surface area contributed by atoms with Crippen LogP contribution in [0.15, 0.2) is 36.7 Å². The van der Waals surface area contributed by atoms with Crippen LogP contribution in [0, 0.1) is 5.82 Å². The molecule has 1 aromatic heterocycles. The molecule has 0 saturated carbocycles. The Balaban J connectivity index is 1.50. The van der Waals surface area contributed by atoms with E-state index in [2.05, 4.69) is 15.7 Å². The van der Waals surface area contributed by atoms with Gasteiger partial charge in [-0.2, -0.15) is 9.40 Å². The van der Waals surface area contributed by atoms with Crippen molar-refractivity contribution < 1.29 is 22.3 Å². The minimum atomic E-state index is -3.51. The summed E-state index contributed by atoms with van der Waals surface area (Å²) >= 11 is 0. The molecule has 1 saturated heterocycles. The average Bonchev–Trinajstić information content (AvgIpc) is 3.15. The molecular formula is C18H24FN5O4S. The normalized spacial score (nSPS) is 20.4. The standard InChI is InChI=1S/C18H24FN5O4S/c1-13-11-23(12-14(2)28-13)29(26,27)9-7-20-18(25)22-15-4-5-17(16(19)10-15)24-8-3-6-21-24/h3-6,8,10,13-14H,7,9,11-12H2,1-2H3,(H2,20,22,25)/t13-,14-/m0/s1. The summed E-state index contributed by atoms with van der Waals surface area (Å²) in [5.41, 5.74) is 0.496. The van der Waals surface area contributed by atoms with Crippen LogP contribution >= 0.6 is 0 Å². The van der Waals surface area contributed by atoms with Gasteiger partial charge in [-0.05, 0) is 38.1 Å². The first kappa shape index (κ1) is 21.2. The van der Waals surface area contributed by atoms with E-state index in [0.717, 1.165) is 0 Å². The van der Waals surface area contributed by atoms with Gasteiger partial charge in [-0.3, -0.25) is 0 Å². The Morgan fingerprint density at radius 1 is 1.31 bits per heavy atom. The van der Waals surface area contributed by atoms with Crippen LogP contribution in [0.25, 0.3) is 5.69 Å². The number of morpholine rings is 1. The minimum absolute atomic E-state index is 0.0673. The molecule has 0 bridgehead atoms. The number of nitrogens with one attached hydrogen (secondary N) is 2. The van der Waals surface area contributed by atoms with Crippen LogP contribution in [0.3, 0.4) is 0 Å². The van der Waals surface area contributed by atoms with E-state index in [1.165, 1.54) is 33.4 Å². The summed E-state index contributed by atoms with van der Waals surface area (Å²) in [6.45, 7) is 4.16. The Morgan fingerprint density at radius 3 is 2.66 bits per heavy atom. The fraction of sp³-hybridized carbons (Fsp3) is 0.444. The van der Waals surface area contributed by atoms with Gasteiger partial charge in [0.05, 0.1) is 18.0 Å². The number of ether oxygens (including phenoxy) is 1. The van der Waals surface area contributed by atoms with Gasteiger partial charge in [-0.1, -0.05) is 0 Å². The molecule has 0 aliphatic carbocycles. The number of sulfonamides is 1. The van der Waals surface area contributed by atoms with Crippen LogP contribution in [-0.2, 0) is 14.8 Å². The van der Waals surface area contributed by atoms with Crippen LogP contribution in [-0.4, -0.2) is 66.1 Å². The summed E-state index contributed by atoms with van der Waals surface area (Å²) in [4.78, 5) is 12.0. The van der Waals surface area contributed by atoms with Crippen LogP contribution in [0.2, 0.25) is 0 Å². The number of amides is 2. The van der Waals surface area contributed by atoms with E-state index in [4.69, 9.17) is 4.74 Å². The van der Waals surface area contributed by atoms with Crippen LogP contribution in [0.4, 0.5) is 14.9 Å². The SMILES string of the molecule is C[C@H]1CN(S(=O)(=O)CCNC(=O)Nc2ccc(-n3cccn3)c(F)c2)C[C@H](C)O1. The van der Waals surface area contributed by atoms with E-state index in [-0.39, 0.29) is 35.9 Å². The van der Waals surface area contributed by atoms with Crippen molar-refractivity contribution in [2.45, 2.75) is 26.1 Å². The van der Waals surface area contributed by atoms with Gasteiger partial charge in [0.2, 0.25) is 10.0 Å². The van der Waals surface area contributed by atoms with Crippen molar-refractivity contribution in [1.82, 2.24) is 19.4 Å². The molecule has 3 rings (SSSR count). The summed E-state index contributed by atoms with van der Waals surface area (Å²) < 4.78 is 47.4. The predicted molar refractivity (Wildman–Crippen MR) is 106 cm³/mol. The smallest absolute Gasteiger partial charge is 0.319 e. The first-order valence-corrected chi connectivity index (χ1v) is 10.8. The predicted octanol–water partition coefficient (Wildman–Crippen LogP) is 1.57. The molecule has 2 heterocycles. The molecule has 11 heteroatoms. The van der Waals surface area contributed by atoms with Crippen molar-refractivity contribution in [2.24, 2.45) is 0 Å². The Hall–Kier alpha value is -2.50. The number of hydrogen-bond donors (Lipinski definition) is 2. The van der Waals surface area contributed by atoms with Crippen LogP contribution in [0.5, 0.6) is 0 Å². The third kappa shape index (κ3) is 5.52. The third-order valence-corrected chi connectivity index (χ3v) is 6.19. The quantitative estimate of drug-likeness (QED) is 0.731.